The van der Waals surface area contributed by atoms with Gasteiger partial charge in [-0.1, -0.05) is 12.1 Å². The molecule has 2 N–H and O–H groups in total. The van der Waals surface area contributed by atoms with E-state index in [1.54, 1.807) is 0 Å². The first kappa shape index (κ1) is 9.39. The molecule has 0 bridgehead atoms. The Kier molecular flexibility index (Phi) is 2.13. The molecule has 4 heteroatoms. The van der Waals surface area contributed by atoms with Gasteiger partial charge in [-0.3, -0.25) is 5.10 Å². The number of rotatable bonds is 3. The molecule has 16 heavy (non-hydrogen) atoms. The number of benzene rings is 1. The van der Waals surface area contributed by atoms with Crippen LogP contribution in [-0.2, 0) is 0 Å². The quantitative estimate of drug-likeness (QED) is 0.824. The van der Waals surface area contributed by atoms with E-state index in [1.807, 2.05) is 31.3 Å². The van der Waals surface area contributed by atoms with Gasteiger partial charge in [0.1, 0.15) is 5.82 Å². The summed E-state index contributed by atoms with van der Waals surface area (Å²) in [6.45, 7) is 0. The monoisotopic (exact) mass is 214 g/mol. The van der Waals surface area contributed by atoms with Crippen molar-refractivity contribution in [3.8, 4) is 11.4 Å². The van der Waals surface area contributed by atoms with Crippen molar-refractivity contribution in [1.29, 1.82) is 0 Å². The SMILES string of the molecule is CNc1ccccc1-c1n[nH]c(C2CC2)n1. The number of aromatic amines is 1. The smallest absolute Gasteiger partial charge is 0.183 e. The van der Waals surface area contributed by atoms with E-state index in [9.17, 15) is 0 Å². The summed E-state index contributed by atoms with van der Waals surface area (Å²) >= 11 is 0. The lowest BCUT2D eigenvalue weighted by molar-refractivity contribution is 0.935. The van der Waals surface area contributed by atoms with Crippen LogP contribution < -0.4 is 5.32 Å². The van der Waals surface area contributed by atoms with Gasteiger partial charge in [0, 0.05) is 24.2 Å². The van der Waals surface area contributed by atoms with E-state index in [4.69, 9.17) is 0 Å². The fourth-order valence-electron chi connectivity index (χ4n) is 1.83. The van der Waals surface area contributed by atoms with Gasteiger partial charge < -0.3 is 5.32 Å². The lowest BCUT2D eigenvalue weighted by atomic mass is 10.1. The second-order valence-electron chi connectivity index (χ2n) is 4.11. The zero-order valence-corrected chi connectivity index (χ0v) is 9.20. The lowest BCUT2D eigenvalue weighted by Gasteiger charge is -2.04. The third-order valence-electron chi connectivity index (χ3n) is 2.90. The third-order valence-corrected chi connectivity index (χ3v) is 2.90. The van der Waals surface area contributed by atoms with Crippen LogP contribution in [0.2, 0.25) is 0 Å². The first-order chi connectivity index (χ1) is 7.88. The number of hydrogen-bond donors (Lipinski definition) is 2. The van der Waals surface area contributed by atoms with Gasteiger partial charge in [0.15, 0.2) is 5.82 Å². The Hall–Kier alpha value is -1.84. The Morgan fingerprint density at radius 1 is 1.31 bits per heavy atom. The predicted octanol–water partition coefficient (Wildman–Crippen LogP) is 2.39. The summed E-state index contributed by atoms with van der Waals surface area (Å²) < 4.78 is 0. The highest BCUT2D eigenvalue weighted by molar-refractivity contribution is 5.72. The highest BCUT2D eigenvalue weighted by Gasteiger charge is 2.27. The standard InChI is InChI=1S/C12H14N4/c1-13-10-5-3-2-4-9(10)12-14-11(15-16-12)8-6-7-8/h2-5,8,13H,6-7H2,1H3,(H,14,15,16). The summed E-state index contributed by atoms with van der Waals surface area (Å²) in [6, 6.07) is 8.07. The summed E-state index contributed by atoms with van der Waals surface area (Å²) in [6.07, 6.45) is 2.48. The van der Waals surface area contributed by atoms with Crippen molar-refractivity contribution < 1.29 is 0 Å². The van der Waals surface area contributed by atoms with Crippen LogP contribution in [0.5, 0.6) is 0 Å². The molecule has 2 aromatic rings. The van der Waals surface area contributed by atoms with Gasteiger partial charge in [-0.25, -0.2) is 4.98 Å². The number of nitrogens with one attached hydrogen (secondary N) is 2. The van der Waals surface area contributed by atoms with Crippen LogP contribution >= 0.6 is 0 Å². The lowest BCUT2D eigenvalue weighted by Crippen LogP contribution is -1.92. The highest BCUT2D eigenvalue weighted by atomic mass is 15.2. The van der Waals surface area contributed by atoms with Crippen LogP contribution in [0.25, 0.3) is 11.4 Å². The normalized spacial score (nSPS) is 15.1. The summed E-state index contributed by atoms with van der Waals surface area (Å²) in [5.41, 5.74) is 2.11. The van der Waals surface area contributed by atoms with Crippen LogP contribution in [0.4, 0.5) is 5.69 Å². The van der Waals surface area contributed by atoms with E-state index in [0.29, 0.717) is 5.92 Å². The van der Waals surface area contributed by atoms with Crippen LogP contribution in [0.3, 0.4) is 0 Å². The number of H-pyrrole nitrogens is 1. The van der Waals surface area contributed by atoms with Crippen molar-refractivity contribution in [2.45, 2.75) is 18.8 Å². The number of nitrogens with zero attached hydrogens (tertiary/aromatic N) is 2. The first-order valence-corrected chi connectivity index (χ1v) is 5.58. The molecule has 0 aliphatic heterocycles. The molecule has 1 aromatic carbocycles. The summed E-state index contributed by atoms with van der Waals surface area (Å²) in [4.78, 5) is 4.54. The van der Waals surface area contributed by atoms with Crippen molar-refractivity contribution in [2.75, 3.05) is 12.4 Å². The minimum Gasteiger partial charge on any atom is -0.388 e. The molecule has 4 nitrogen and oxygen atoms in total. The molecule has 1 fully saturated rings. The summed E-state index contributed by atoms with van der Waals surface area (Å²) in [5.74, 6) is 2.43. The molecular formula is C12H14N4. The molecule has 0 atom stereocenters. The van der Waals surface area contributed by atoms with E-state index in [0.717, 1.165) is 22.9 Å². The Morgan fingerprint density at radius 3 is 2.88 bits per heavy atom. The van der Waals surface area contributed by atoms with Gasteiger partial charge in [-0.15, -0.1) is 0 Å². The number of aromatic nitrogens is 3. The first-order valence-electron chi connectivity index (χ1n) is 5.58. The van der Waals surface area contributed by atoms with E-state index in [1.165, 1.54) is 12.8 Å². The van der Waals surface area contributed by atoms with Crippen LogP contribution in [0.15, 0.2) is 24.3 Å². The van der Waals surface area contributed by atoms with E-state index in [2.05, 4.69) is 20.5 Å². The topological polar surface area (TPSA) is 53.6 Å². The Morgan fingerprint density at radius 2 is 2.12 bits per heavy atom. The summed E-state index contributed by atoms with van der Waals surface area (Å²) in [5, 5.41) is 10.5. The van der Waals surface area contributed by atoms with Crippen LogP contribution in [-0.4, -0.2) is 22.2 Å². The molecule has 0 radical (unpaired) electrons. The van der Waals surface area contributed by atoms with Gasteiger partial charge in [-0.05, 0) is 25.0 Å². The van der Waals surface area contributed by atoms with Crippen LogP contribution in [0.1, 0.15) is 24.6 Å². The van der Waals surface area contributed by atoms with Crippen molar-refractivity contribution in [3.05, 3.63) is 30.1 Å². The van der Waals surface area contributed by atoms with E-state index < -0.39 is 0 Å². The molecule has 1 aromatic heterocycles. The van der Waals surface area contributed by atoms with Gasteiger partial charge in [-0.2, -0.15) is 5.10 Å². The minimum absolute atomic E-state index is 0.614. The van der Waals surface area contributed by atoms with Gasteiger partial charge >= 0.3 is 0 Å². The van der Waals surface area contributed by atoms with E-state index in [-0.39, 0.29) is 0 Å². The van der Waals surface area contributed by atoms with Gasteiger partial charge in [0.2, 0.25) is 0 Å². The number of hydrogen-bond acceptors (Lipinski definition) is 3. The average Bonchev–Trinajstić information content (AvgIpc) is 3.07. The molecule has 0 unspecified atom stereocenters. The zero-order chi connectivity index (χ0) is 11.0. The number of para-hydroxylation sites is 1. The molecule has 1 aliphatic carbocycles. The predicted molar refractivity (Wildman–Crippen MR) is 63.3 cm³/mol. The molecule has 0 amide bonds. The molecule has 3 rings (SSSR count). The number of anilines is 1. The van der Waals surface area contributed by atoms with Crippen molar-refractivity contribution in [2.24, 2.45) is 0 Å². The van der Waals surface area contributed by atoms with Gasteiger partial charge in [0.05, 0.1) is 0 Å². The van der Waals surface area contributed by atoms with Crippen molar-refractivity contribution in [1.82, 2.24) is 15.2 Å². The highest BCUT2D eigenvalue weighted by Crippen LogP contribution is 2.38. The van der Waals surface area contributed by atoms with E-state index >= 15 is 0 Å². The zero-order valence-electron chi connectivity index (χ0n) is 9.20. The fourth-order valence-corrected chi connectivity index (χ4v) is 1.83. The Labute approximate surface area is 94.1 Å². The molecule has 1 saturated carbocycles. The fraction of sp³-hybridized carbons (Fsp3) is 0.333. The van der Waals surface area contributed by atoms with Gasteiger partial charge in [0.25, 0.3) is 0 Å². The van der Waals surface area contributed by atoms with Crippen molar-refractivity contribution >= 4 is 5.69 Å². The minimum atomic E-state index is 0.614. The third kappa shape index (κ3) is 1.56. The summed E-state index contributed by atoms with van der Waals surface area (Å²) in [7, 11) is 1.91. The maximum absolute atomic E-state index is 4.54. The second kappa shape index (κ2) is 3.63. The molecule has 0 spiro atoms. The molecule has 1 heterocycles. The Bertz CT molecular complexity index is 499. The maximum atomic E-state index is 4.54. The van der Waals surface area contributed by atoms with Crippen LogP contribution in [0, 0.1) is 0 Å². The largest absolute Gasteiger partial charge is 0.388 e. The molecular weight excluding hydrogens is 200 g/mol. The maximum Gasteiger partial charge on any atom is 0.183 e. The molecule has 0 saturated heterocycles. The van der Waals surface area contributed by atoms with Crippen molar-refractivity contribution in [3.63, 3.8) is 0 Å². The second-order valence-corrected chi connectivity index (χ2v) is 4.11. The Balaban J connectivity index is 2.00. The molecule has 82 valence electrons. The average molecular weight is 214 g/mol. The molecule has 1 aliphatic rings.